The fraction of sp³-hybridized carbons (Fsp3) is 0.214. The zero-order valence-electron chi connectivity index (χ0n) is 21.0. The number of ether oxygens (including phenoxy) is 1. The lowest BCUT2D eigenvalue weighted by Crippen LogP contribution is -2.42. The Labute approximate surface area is 226 Å². The van der Waals surface area contributed by atoms with E-state index < -0.39 is 49.1 Å². The molecular formula is C28H25F3N4O5. The van der Waals surface area contributed by atoms with Crippen LogP contribution in [0, 0.1) is 0 Å². The Bertz CT molecular complexity index is 1430. The first kappa shape index (κ1) is 28.1. The van der Waals surface area contributed by atoms with Crippen LogP contribution in [0.15, 0.2) is 85.6 Å². The second kappa shape index (κ2) is 12.3. The Morgan fingerprint density at radius 2 is 1.62 bits per heavy atom. The van der Waals surface area contributed by atoms with Crippen LogP contribution in [0.25, 0.3) is 22.3 Å². The lowest BCUT2D eigenvalue weighted by Gasteiger charge is -2.20. The molecule has 9 nitrogen and oxygen atoms in total. The van der Waals surface area contributed by atoms with Crippen LogP contribution in [0.1, 0.15) is 18.2 Å². The van der Waals surface area contributed by atoms with Gasteiger partial charge in [0.25, 0.3) is 0 Å². The molecule has 0 radical (unpaired) electrons. The van der Waals surface area contributed by atoms with Crippen LogP contribution in [0.2, 0.25) is 0 Å². The van der Waals surface area contributed by atoms with E-state index in [1.54, 1.807) is 18.5 Å². The molecule has 0 aliphatic rings. The molecule has 1 amide bonds. The molecule has 0 saturated carbocycles. The van der Waals surface area contributed by atoms with E-state index in [0.29, 0.717) is 5.69 Å². The minimum Gasteiger partial charge on any atom is -0.480 e. The van der Waals surface area contributed by atoms with E-state index in [9.17, 15) is 32.7 Å². The number of carbonyl (C=O) groups is 3. The number of halogens is 3. The number of nitrogens with one attached hydrogen (secondary N) is 2. The highest BCUT2D eigenvalue weighted by Gasteiger charge is 2.41. The number of aromatic amines is 1. The topological polar surface area (TPSA) is 126 Å². The maximum atomic E-state index is 12.8. The molecule has 2 heterocycles. The maximum absolute atomic E-state index is 12.8. The lowest BCUT2D eigenvalue weighted by molar-refractivity contribution is -0.200. The number of aliphatic carboxylic acids is 1. The number of esters is 1. The van der Waals surface area contributed by atoms with Crippen molar-refractivity contribution in [2.45, 2.75) is 31.1 Å². The van der Waals surface area contributed by atoms with Gasteiger partial charge < -0.3 is 24.7 Å². The highest BCUT2D eigenvalue weighted by Crippen LogP contribution is 2.27. The molecule has 12 heteroatoms. The number of rotatable bonds is 11. The molecule has 0 aliphatic carbocycles. The monoisotopic (exact) mass is 554 g/mol. The molecule has 4 rings (SSSR count). The molecule has 0 bridgehead atoms. The predicted octanol–water partition coefficient (Wildman–Crippen LogP) is 4.39. The summed E-state index contributed by atoms with van der Waals surface area (Å²) in [6, 6.07) is 16.9. The van der Waals surface area contributed by atoms with Crippen LogP contribution < -0.4 is 5.32 Å². The number of nitrogens with zero attached hydrogens (tertiary/aromatic N) is 2. The van der Waals surface area contributed by atoms with Crippen LogP contribution in [0.4, 0.5) is 13.2 Å². The number of carbonyl (C=O) groups excluding carboxylic acids is 2. The molecule has 1 unspecified atom stereocenters. The van der Waals surface area contributed by atoms with Gasteiger partial charge in [0.1, 0.15) is 12.6 Å². The van der Waals surface area contributed by atoms with E-state index in [-0.39, 0.29) is 6.42 Å². The largest absolute Gasteiger partial charge is 0.490 e. The third kappa shape index (κ3) is 7.37. The minimum atomic E-state index is -5.19. The number of carboxylic acid groups (broad SMARTS) is 1. The standard InChI is InChI=1S/C28H25F3N4O5/c29-28(30,31)27(39)40-16-23(12-22-14-32-17-33-22)34-25(36)13-24(26(37)38)35-11-10-21(15-35)20-8-6-19(7-9-20)18-4-2-1-3-5-18/h1-11,14-15,17,23-24H,12-13,16H2,(H,32,33)(H,34,36)(H,37,38)/t23-,24?/m0/s1. The fourth-order valence-corrected chi connectivity index (χ4v) is 4.12. The highest BCUT2D eigenvalue weighted by molar-refractivity contribution is 5.84. The summed E-state index contributed by atoms with van der Waals surface area (Å²) in [5, 5.41) is 12.3. The number of benzene rings is 2. The first-order valence-electron chi connectivity index (χ1n) is 12.2. The van der Waals surface area contributed by atoms with Gasteiger partial charge in [-0.1, -0.05) is 54.6 Å². The zero-order valence-corrected chi connectivity index (χ0v) is 21.0. The quantitative estimate of drug-likeness (QED) is 0.236. The van der Waals surface area contributed by atoms with Gasteiger partial charge in [-0.25, -0.2) is 14.6 Å². The highest BCUT2D eigenvalue weighted by atomic mass is 19.4. The van der Waals surface area contributed by atoms with Gasteiger partial charge in [-0.2, -0.15) is 13.2 Å². The minimum absolute atomic E-state index is 0.0265. The normalized spacial score (nSPS) is 12.9. The second-order valence-electron chi connectivity index (χ2n) is 8.99. The number of carboxylic acids is 1. The summed E-state index contributed by atoms with van der Waals surface area (Å²) < 4.78 is 43.4. The summed E-state index contributed by atoms with van der Waals surface area (Å²) in [5.74, 6) is -4.41. The van der Waals surface area contributed by atoms with Gasteiger partial charge in [0.2, 0.25) is 5.91 Å². The summed E-state index contributed by atoms with van der Waals surface area (Å²) in [6.45, 7) is -0.770. The molecule has 0 spiro atoms. The second-order valence-corrected chi connectivity index (χ2v) is 8.99. The van der Waals surface area contributed by atoms with Crippen molar-refractivity contribution in [2.75, 3.05) is 6.61 Å². The van der Waals surface area contributed by atoms with Crippen molar-refractivity contribution in [2.24, 2.45) is 0 Å². The van der Waals surface area contributed by atoms with Crippen molar-refractivity contribution in [1.29, 1.82) is 0 Å². The maximum Gasteiger partial charge on any atom is 0.490 e. The average molecular weight is 555 g/mol. The van der Waals surface area contributed by atoms with Crippen LogP contribution >= 0.6 is 0 Å². The molecule has 4 aromatic rings. The number of imidazole rings is 1. The van der Waals surface area contributed by atoms with Crippen molar-refractivity contribution >= 4 is 17.8 Å². The summed E-state index contributed by atoms with van der Waals surface area (Å²) >= 11 is 0. The molecule has 3 N–H and O–H groups in total. The number of amides is 1. The molecule has 0 fully saturated rings. The molecule has 40 heavy (non-hydrogen) atoms. The van der Waals surface area contributed by atoms with Crippen molar-refractivity contribution < 1.29 is 37.4 Å². The molecule has 208 valence electrons. The number of hydrogen-bond donors (Lipinski definition) is 3. The van der Waals surface area contributed by atoms with E-state index in [1.807, 2.05) is 54.6 Å². The van der Waals surface area contributed by atoms with Crippen LogP contribution in [0.3, 0.4) is 0 Å². The number of hydrogen-bond acceptors (Lipinski definition) is 5. The zero-order chi connectivity index (χ0) is 28.7. The van der Waals surface area contributed by atoms with Gasteiger partial charge in [-0.15, -0.1) is 0 Å². The Hall–Kier alpha value is -4.87. The van der Waals surface area contributed by atoms with E-state index in [1.165, 1.54) is 17.1 Å². The fourth-order valence-electron chi connectivity index (χ4n) is 4.12. The van der Waals surface area contributed by atoms with Gasteiger partial charge in [-0.3, -0.25) is 4.79 Å². The Kier molecular flexibility index (Phi) is 8.67. The summed E-state index contributed by atoms with van der Waals surface area (Å²) in [7, 11) is 0. The van der Waals surface area contributed by atoms with Crippen molar-refractivity contribution in [3.63, 3.8) is 0 Å². The first-order valence-corrected chi connectivity index (χ1v) is 12.2. The van der Waals surface area contributed by atoms with Crippen molar-refractivity contribution in [3.8, 4) is 22.3 Å². The Morgan fingerprint density at radius 3 is 2.23 bits per heavy atom. The molecule has 0 aliphatic heterocycles. The van der Waals surface area contributed by atoms with Gasteiger partial charge in [0.15, 0.2) is 0 Å². The molecule has 2 aromatic heterocycles. The Morgan fingerprint density at radius 1 is 0.975 bits per heavy atom. The van der Waals surface area contributed by atoms with Gasteiger partial charge in [-0.05, 0) is 28.3 Å². The van der Waals surface area contributed by atoms with Gasteiger partial charge in [0.05, 0.1) is 18.8 Å². The third-order valence-corrected chi connectivity index (χ3v) is 6.10. The van der Waals surface area contributed by atoms with Crippen molar-refractivity contribution in [1.82, 2.24) is 19.9 Å². The predicted molar refractivity (Wildman–Crippen MR) is 138 cm³/mol. The van der Waals surface area contributed by atoms with Gasteiger partial charge in [0, 0.05) is 30.7 Å². The Balaban J connectivity index is 1.43. The average Bonchev–Trinajstić information content (AvgIpc) is 3.63. The summed E-state index contributed by atoms with van der Waals surface area (Å²) in [5.41, 5.74) is 4.13. The number of alkyl halides is 3. The smallest absolute Gasteiger partial charge is 0.480 e. The van der Waals surface area contributed by atoms with Crippen molar-refractivity contribution in [3.05, 3.63) is 91.3 Å². The molecule has 2 aromatic carbocycles. The number of aromatic nitrogens is 3. The lowest BCUT2D eigenvalue weighted by atomic mass is 10.0. The molecular weight excluding hydrogens is 529 g/mol. The molecule has 0 saturated heterocycles. The van der Waals surface area contributed by atoms with E-state index in [0.717, 1.165) is 22.3 Å². The summed E-state index contributed by atoms with van der Waals surface area (Å²) in [4.78, 5) is 42.5. The van der Waals surface area contributed by atoms with Crippen LogP contribution in [-0.2, 0) is 25.5 Å². The van der Waals surface area contributed by atoms with Crippen LogP contribution in [-0.4, -0.2) is 56.3 Å². The molecule has 2 atom stereocenters. The third-order valence-electron chi connectivity index (χ3n) is 6.10. The summed E-state index contributed by atoms with van der Waals surface area (Å²) in [6.07, 6.45) is 0.166. The number of H-pyrrole nitrogens is 1. The van der Waals surface area contributed by atoms with E-state index in [2.05, 4.69) is 20.0 Å². The van der Waals surface area contributed by atoms with Crippen LogP contribution in [0.5, 0.6) is 0 Å². The SMILES string of the molecule is O=C(CC(C(=O)O)n1ccc(-c2ccc(-c3ccccc3)cc2)c1)N[C@H](COC(=O)C(F)(F)F)Cc1cnc[nH]1. The van der Waals surface area contributed by atoms with Gasteiger partial charge >= 0.3 is 18.1 Å². The first-order chi connectivity index (χ1) is 19.1. The van der Waals surface area contributed by atoms with E-state index in [4.69, 9.17) is 0 Å². The van der Waals surface area contributed by atoms with E-state index >= 15 is 0 Å².